The van der Waals surface area contributed by atoms with E-state index >= 15 is 0 Å². The van der Waals surface area contributed by atoms with Crippen molar-refractivity contribution in [2.24, 2.45) is 5.10 Å². The lowest BCUT2D eigenvalue weighted by molar-refractivity contribution is 0.0870. The third-order valence-electron chi connectivity index (χ3n) is 5.78. The van der Waals surface area contributed by atoms with Gasteiger partial charge >= 0.3 is 6.09 Å². The summed E-state index contributed by atoms with van der Waals surface area (Å²) < 4.78 is 27.5. The van der Waals surface area contributed by atoms with Gasteiger partial charge < -0.3 is 23.7 Å². The van der Waals surface area contributed by atoms with Crippen LogP contribution in [0, 0.1) is 0 Å². The van der Waals surface area contributed by atoms with E-state index < -0.39 is 12.1 Å². The molecule has 0 radical (unpaired) electrons. The zero-order valence-corrected chi connectivity index (χ0v) is 20.2. The summed E-state index contributed by atoms with van der Waals surface area (Å²) in [5.74, 6) is 2.17. The molecule has 182 valence electrons. The Morgan fingerprint density at radius 1 is 0.886 bits per heavy atom. The van der Waals surface area contributed by atoms with E-state index in [2.05, 4.69) is 5.10 Å². The fraction of sp³-hybridized carbons (Fsp3) is 0.259. The van der Waals surface area contributed by atoms with E-state index in [9.17, 15) is 4.79 Å². The van der Waals surface area contributed by atoms with Crippen molar-refractivity contribution >= 4 is 11.8 Å². The van der Waals surface area contributed by atoms with Crippen LogP contribution in [-0.2, 0) is 11.3 Å². The lowest BCUT2D eigenvalue weighted by atomic mass is 9.97. The van der Waals surface area contributed by atoms with Crippen LogP contribution in [0.1, 0.15) is 29.2 Å². The molecular weight excluding hydrogens is 448 g/mol. The van der Waals surface area contributed by atoms with Gasteiger partial charge in [-0.25, -0.2) is 4.79 Å². The van der Waals surface area contributed by atoms with Crippen LogP contribution in [0.2, 0.25) is 0 Å². The number of methoxy groups -OCH3 is 4. The van der Waals surface area contributed by atoms with Crippen molar-refractivity contribution in [1.82, 2.24) is 5.01 Å². The first-order valence-corrected chi connectivity index (χ1v) is 11.1. The Morgan fingerprint density at radius 2 is 1.60 bits per heavy atom. The largest absolute Gasteiger partial charge is 0.497 e. The van der Waals surface area contributed by atoms with Gasteiger partial charge in [-0.15, -0.1) is 0 Å². The lowest BCUT2D eigenvalue weighted by Gasteiger charge is -2.23. The Kier molecular flexibility index (Phi) is 7.40. The van der Waals surface area contributed by atoms with Crippen LogP contribution in [0.15, 0.2) is 71.8 Å². The molecule has 35 heavy (non-hydrogen) atoms. The standard InChI is InChI=1S/C27H28N2O6/c1-31-21-12-8-11-19(13-21)22-16-23(20-14-24(32-2)26(34-4)25(15-20)33-3)29(28-22)27(30)35-17-18-9-6-5-7-10-18/h5-15,23H,16-17H2,1-4H3. The zero-order valence-electron chi connectivity index (χ0n) is 20.2. The highest BCUT2D eigenvalue weighted by atomic mass is 16.6. The summed E-state index contributed by atoms with van der Waals surface area (Å²) in [6.45, 7) is 0.141. The van der Waals surface area contributed by atoms with Crippen LogP contribution in [0.25, 0.3) is 0 Å². The van der Waals surface area contributed by atoms with Crippen LogP contribution < -0.4 is 18.9 Å². The normalized spacial score (nSPS) is 14.8. The molecule has 1 unspecified atom stereocenters. The van der Waals surface area contributed by atoms with Gasteiger partial charge in [0, 0.05) is 12.0 Å². The molecule has 1 atom stereocenters. The van der Waals surface area contributed by atoms with Crippen LogP contribution >= 0.6 is 0 Å². The molecule has 0 saturated carbocycles. The Bertz CT molecular complexity index is 1190. The van der Waals surface area contributed by atoms with Crippen LogP contribution in [0.4, 0.5) is 4.79 Å². The summed E-state index contributed by atoms with van der Waals surface area (Å²) in [5, 5.41) is 6.04. The number of benzene rings is 3. The molecule has 1 heterocycles. The topological polar surface area (TPSA) is 78.8 Å². The van der Waals surface area contributed by atoms with Gasteiger partial charge in [-0.1, -0.05) is 42.5 Å². The fourth-order valence-corrected chi connectivity index (χ4v) is 3.99. The van der Waals surface area contributed by atoms with Gasteiger partial charge in [-0.2, -0.15) is 10.1 Å². The SMILES string of the molecule is COc1cccc(C2=NN(C(=O)OCc3ccccc3)C(c3cc(OC)c(OC)c(OC)c3)C2)c1. The second-order valence-electron chi connectivity index (χ2n) is 7.84. The second kappa shape index (κ2) is 10.8. The molecule has 0 aromatic heterocycles. The summed E-state index contributed by atoms with van der Waals surface area (Å²) in [6.07, 6.45) is -0.0859. The molecule has 8 nitrogen and oxygen atoms in total. The number of hydrogen-bond acceptors (Lipinski definition) is 7. The molecule has 0 aliphatic carbocycles. The predicted octanol–water partition coefficient (Wildman–Crippen LogP) is 5.21. The predicted molar refractivity (Wildman–Crippen MR) is 131 cm³/mol. The van der Waals surface area contributed by atoms with Crippen molar-refractivity contribution in [3.05, 3.63) is 83.4 Å². The number of amides is 1. The van der Waals surface area contributed by atoms with E-state index in [0.29, 0.717) is 29.4 Å². The fourth-order valence-electron chi connectivity index (χ4n) is 3.99. The van der Waals surface area contributed by atoms with Gasteiger partial charge in [-0.3, -0.25) is 0 Å². The Labute approximate surface area is 204 Å². The number of hydrazone groups is 1. The van der Waals surface area contributed by atoms with Crippen molar-refractivity contribution in [3.63, 3.8) is 0 Å². The minimum atomic E-state index is -0.550. The highest BCUT2D eigenvalue weighted by Gasteiger charge is 2.35. The smallest absolute Gasteiger partial charge is 0.431 e. The second-order valence-corrected chi connectivity index (χ2v) is 7.84. The Hall–Kier alpha value is -4.20. The summed E-state index contributed by atoms with van der Waals surface area (Å²) in [4.78, 5) is 13.2. The van der Waals surface area contributed by atoms with E-state index in [4.69, 9.17) is 23.7 Å². The van der Waals surface area contributed by atoms with E-state index in [-0.39, 0.29) is 6.61 Å². The number of carbonyl (C=O) groups is 1. The van der Waals surface area contributed by atoms with Crippen molar-refractivity contribution in [2.45, 2.75) is 19.1 Å². The van der Waals surface area contributed by atoms with Gasteiger partial charge in [0.2, 0.25) is 5.75 Å². The molecule has 0 bridgehead atoms. The Balaban J connectivity index is 1.69. The Morgan fingerprint density at radius 3 is 2.23 bits per heavy atom. The van der Waals surface area contributed by atoms with Gasteiger partial charge in [0.1, 0.15) is 12.4 Å². The number of carbonyl (C=O) groups excluding carboxylic acids is 1. The molecular formula is C27H28N2O6. The number of rotatable bonds is 8. The van der Waals surface area contributed by atoms with Gasteiger partial charge in [0.15, 0.2) is 11.5 Å². The minimum absolute atomic E-state index is 0.141. The van der Waals surface area contributed by atoms with Crippen molar-refractivity contribution < 1.29 is 28.5 Å². The molecule has 4 rings (SSSR count). The van der Waals surface area contributed by atoms with Crippen molar-refractivity contribution in [3.8, 4) is 23.0 Å². The van der Waals surface area contributed by atoms with Crippen LogP contribution in [-0.4, -0.2) is 45.3 Å². The van der Waals surface area contributed by atoms with Crippen molar-refractivity contribution in [2.75, 3.05) is 28.4 Å². The molecule has 8 heteroatoms. The first kappa shape index (κ1) is 23.9. The van der Waals surface area contributed by atoms with Crippen LogP contribution in [0.5, 0.6) is 23.0 Å². The van der Waals surface area contributed by atoms with Gasteiger partial charge in [0.05, 0.1) is 40.2 Å². The van der Waals surface area contributed by atoms with Crippen molar-refractivity contribution in [1.29, 1.82) is 0 Å². The summed E-state index contributed by atoms with van der Waals surface area (Å²) in [7, 11) is 6.27. The minimum Gasteiger partial charge on any atom is -0.497 e. The molecule has 1 aliphatic heterocycles. The van der Waals surface area contributed by atoms with Gasteiger partial charge in [-0.05, 0) is 35.4 Å². The molecule has 1 aliphatic rings. The average Bonchev–Trinajstić information content (AvgIpc) is 3.37. The first-order valence-electron chi connectivity index (χ1n) is 11.1. The van der Waals surface area contributed by atoms with Gasteiger partial charge in [0.25, 0.3) is 0 Å². The molecule has 0 saturated heterocycles. The molecule has 1 amide bonds. The third kappa shape index (κ3) is 5.16. The highest BCUT2D eigenvalue weighted by Crippen LogP contribution is 2.43. The lowest BCUT2D eigenvalue weighted by Crippen LogP contribution is -2.27. The van der Waals surface area contributed by atoms with E-state index in [1.807, 2.05) is 66.7 Å². The number of hydrogen-bond donors (Lipinski definition) is 0. The van der Waals surface area contributed by atoms with Crippen LogP contribution in [0.3, 0.4) is 0 Å². The summed E-state index contributed by atoms with van der Waals surface area (Å²) in [5.41, 5.74) is 3.26. The molecule has 3 aromatic carbocycles. The van der Waals surface area contributed by atoms with E-state index in [1.54, 1.807) is 28.4 Å². The quantitative estimate of drug-likeness (QED) is 0.444. The third-order valence-corrected chi connectivity index (χ3v) is 5.78. The molecule has 0 fully saturated rings. The first-order chi connectivity index (χ1) is 17.1. The zero-order chi connectivity index (χ0) is 24.8. The average molecular weight is 477 g/mol. The monoisotopic (exact) mass is 476 g/mol. The number of nitrogens with zero attached hydrogens (tertiary/aromatic N) is 2. The highest BCUT2D eigenvalue weighted by molar-refractivity contribution is 6.03. The number of ether oxygens (including phenoxy) is 5. The maximum Gasteiger partial charge on any atom is 0.431 e. The molecule has 0 spiro atoms. The summed E-state index contributed by atoms with van der Waals surface area (Å²) >= 11 is 0. The maximum atomic E-state index is 13.2. The van der Waals surface area contributed by atoms with E-state index in [1.165, 1.54) is 5.01 Å². The maximum absolute atomic E-state index is 13.2. The summed E-state index contributed by atoms with van der Waals surface area (Å²) in [6, 6.07) is 20.3. The van der Waals surface area contributed by atoms with E-state index in [0.717, 1.165) is 22.4 Å². The molecule has 3 aromatic rings. The molecule has 0 N–H and O–H groups in total.